The van der Waals surface area contributed by atoms with Gasteiger partial charge in [-0.3, -0.25) is 71.1 Å². The van der Waals surface area contributed by atoms with Gasteiger partial charge in [0.1, 0.15) is 125 Å². The fraction of sp³-hybridized carbons (Fsp3) is 0.548. The number of aromatic nitrogens is 20. The zero-order valence-corrected chi connectivity index (χ0v) is 76.6. The second-order valence-corrected chi connectivity index (χ2v) is 45.8. The molecule has 12 N–H and O–H groups in total. The van der Waals surface area contributed by atoms with E-state index < -0.39 is 224 Å². The lowest BCUT2D eigenvalue weighted by molar-refractivity contribution is -0.221. The van der Waals surface area contributed by atoms with Gasteiger partial charge in [-0.15, -0.1) is 0 Å². The van der Waals surface area contributed by atoms with E-state index in [0.717, 1.165) is 28.8 Å². The minimum Gasteiger partial charge on any atom is -0.780 e. The Morgan fingerprint density at radius 2 is 0.695 bits per heavy atom. The van der Waals surface area contributed by atoms with Gasteiger partial charge >= 0.3 is 11.4 Å². The van der Waals surface area contributed by atoms with Crippen molar-refractivity contribution in [3.05, 3.63) is 124 Å². The van der Waals surface area contributed by atoms with E-state index in [4.69, 9.17) is 177 Å². The molecule has 24 atom stereocenters. The number of aromatic amines is 4. The largest absolute Gasteiger partial charge is 0.780 e. The smallest absolute Gasteiger partial charge is 0.330 e. The number of nitrogens with one attached hydrogen (secondary N) is 4. The highest BCUT2D eigenvalue weighted by atomic mass is 32.7. The van der Waals surface area contributed by atoms with Crippen LogP contribution in [0.15, 0.2) is 79.1 Å². The molecular formula is C62H74N24O30P6S6-6. The Balaban J connectivity index is 0.615. The van der Waals surface area contributed by atoms with Gasteiger partial charge in [0.2, 0.25) is 11.9 Å². The van der Waals surface area contributed by atoms with Crippen LogP contribution in [0.5, 0.6) is 0 Å². The second-order valence-electron chi connectivity index (χ2n) is 29.5. The van der Waals surface area contributed by atoms with Gasteiger partial charge in [0.15, 0.2) is 52.1 Å². The van der Waals surface area contributed by atoms with Crippen LogP contribution in [0.1, 0.15) is 100 Å². The standard InChI is InChI=1S/C62H80N24O30P6S6/c1-5-27-28(6-41(105-27)83-21-71-45-49(63)67-19-69-51(45)83)112-118(94,124)100-15-35-30(7-39(106-35)81-12-25(2)55(87)79-61(81)91)113-119(95,125)103-18-38-33(11-44(110-38)86-24-74-48-54(86)76-60(66)78-58(48)90)116-122(98,128)102-16-36-31(8-40(107-36)82-13-26(3)56(88)80-62(82)92)114-120(96,126)104-17-37-32(10-43(109-37)85-23-73-47-53(85)75-59(65)77-57(47)89)115-121(97,127)101-14-34-29(111-117(93,123)99-4)9-42(108-34)84-22-72-46-50(64)68-20-70-52(46)84/h12-13,19-24,27-44H,5-11,14-18H2,1-4H3,(H,93,123)(H,94,124)(H,95,125)(H,96,126)(H,97,127)(H,98,128)(H2,63,67,69)(H2,64,68,70)(H,79,87,91)(H,80,88,92)(H3,65,75,77,89)(H3,66,76,78,90)/p-6/t27-,28?,29?,30?,31?,32?,33?,34-,35-,36-,37-,38-,39-,40-,41-,42-,43-,44-,117?,118?,119?,120?,121?,122?/m1/s1. The number of nitrogens with two attached hydrogens (primary N) is 4. The fourth-order valence-corrected chi connectivity index (χ4v) is 23.3. The maximum absolute atomic E-state index is 14.9. The molecule has 6 saturated heterocycles. The molecule has 0 radical (unpaired) electrons. The number of anilines is 4. The van der Waals surface area contributed by atoms with Gasteiger partial charge in [-0.05, 0) is 20.3 Å². The van der Waals surface area contributed by atoms with Crippen molar-refractivity contribution in [2.24, 2.45) is 0 Å². The van der Waals surface area contributed by atoms with Gasteiger partial charge in [-0.1, -0.05) is 66.0 Å². The number of hydrogen-bond acceptors (Lipinski definition) is 50. The first-order chi connectivity index (χ1) is 60.5. The van der Waals surface area contributed by atoms with E-state index in [0.29, 0.717) is 17.6 Å². The minimum absolute atomic E-state index is 0.0242. The first-order valence-electron chi connectivity index (χ1n) is 38.2. The Labute approximate surface area is 747 Å². The summed E-state index contributed by atoms with van der Waals surface area (Å²) in [5.41, 5.74) is 19.7. The molecule has 16 heterocycles. The Kier molecular flexibility index (Phi) is 27.8. The summed E-state index contributed by atoms with van der Waals surface area (Å²) < 4.78 is 130. The highest BCUT2D eigenvalue weighted by Crippen LogP contribution is 2.56. The molecular weight excluding hydrogens is 1940 g/mol. The van der Waals surface area contributed by atoms with E-state index in [9.17, 15) is 57.8 Å². The van der Waals surface area contributed by atoms with Crippen molar-refractivity contribution in [1.29, 1.82) is 0 Å². The van der Waals surface area contributed by atoms with Gasteiger partial charge in [-0.25, -0.2) is 49.5 Å². The molecule has 694 valence electrons. The van der Waals surface area contributed by atoms with Gasteiger partial charge in [0.25, 0.3) is 22.2 Å². The third kappa shape index (κ3) is 20.9. The molecule has 0 spiro atoms. The number of nitrogens with zero attached hydrogens (tertiary/aromatic N) is 16. The van der Waals surface area contributed by atoms with Gasteiger partial charge < -0.3 is 142 Å². The molecule has 6 aliphatic heterocycles. The molecule has 0 amide bonds. The molecule has 128 heavy (non-hydrogen) atoms. The summed E-state index contributed by atoms with van der Waals surface area (Å²) in [5, 5.41) is 0. The number of fused-ring (bicyclic) bond motifs is 4. The van der Waals surface area contributed by atoms with Gasteiger partial charge in [-0.2, -0.15) is 9.97 Å². The molecule has 0 saturated carbocycles. The lowest BCUT2D eigenvalue weighted by atomic mass is 10.1. The van der Waals surface area contributed by atoms with Crippen LogP contribution >= 0.6 is 40.4 Å². The Morgan fingerprint density at radius 1 is 0.406 bits per heavy atom. The highest BCUT2D eigenvalue weighted by Gasteiger charge is 2.48. The second kappa shape index (κ2) is 37.6. The highest BCUT2D eigenvalue weighted by molar-refractivity contribution is 8.32. The van der Waals surface area contributed by atoms with E-state index in [-0.39, 0.29) is 100 Å². The quantitative estimate of drug-likeness (QED) is 0.0153. The summed E-state index contributed by atoms with van der Waals surface area (Å²) in [6, 6.07) is 0. The SMILES string of the molecule is CC[C@H]1O[C@@H](n2cnc3c(N)ncnc32)CC1OP([O-])(=S)OC[C@H]1O[C@@H](n2cc(C)c(=O)[nH]c2=O)CC1OP(=O)([S-])OC[C@H]1O[C@@H](n2cnc3c(=O)[nH]c(N)nc32)CC1OP([O-])(=S)OC[C@H]1O[C@@H](n2cc(C)c(=O)[nH]c2=O)CC1OP([O-])(=S)OC[C@H]1O[C@@H](n2cnc3c(=O)[nH]c(N)nc32)CC1OP([O-])(=S)OC[C@H]1O[C@@H](n2cnc3c(N)ncnc32)CC1OP([O-])(=S)OC. The molecule has 6 aliphatic rings. The Hall–Kier alpha value is -6.73. The maximum atomic E-state index is 14.9. The summed E-state index contributed by atoms with van der Waals surface area (Å²) >= 11 is 32.5. The molecule has 12 unspecified atom stereocenters. The third-order valence-corrected chi connectivity index (χ3v) is 30.6. The van der Waals surface area contributed by atoms with Gasteiger partial charge in [0.05, 0.1) is 101 Å². The molecule has 66 heteroatoms. The zero-order chi connectivity index (χ0) is 91.2. The third-order valence-electron chi connectivity index (χ3n) is 21.1. The number of aryl methyl sites for hydroxylation is 2. The summed E-state index contributed by atoms with van der Waals surface area (Å²) in [5.74, 6) is -0.473. The van der Waals surface area contributed by atoms with E-state index >= 15 is 0 Å². The van der Waals surface area contributed by atoms with Crippen LogP contribution in [0.2, 0.25) is 0 Å². The monoisotopic (exact) mass is 2010 g/mol. The van der Waals surface area contributed by atoms with E-state index in [1.54, 1.807) is 11.5 Å². The molecule has 6 fully saturated rings. The molecule has 0 aromatic carbocycles. The van der Waals surface area contributed by atoms with Crippen molar-refractivity contribution in [3.63, 3.8) is 0 Å². The Bertz CT molecular complexity index is 6610. The Morgan fingerprint density at radius 3 is 1.03 bits per heavy atom. The van der Waals surface area contributed by atoms with Crippen LogP contribution in [0.3, 0.4) is 0 Å². The first-order valence-corrected chi connectivity index (χ1v) is 53.5. The average molecular weight is 2010 g/mol. The molecule has 0 aliphatic carbocycles. The predicted molar refractivity (Wildman–Crippen MR) is 451 cm³/mol. The molecule has 10 aromatic heterocycles. The van der Waals surface area contributed by atoms with Crippen molar-refractivity contribution in [1.82, 2.24) is 97.2 Å². The number of imidazole rings is 4. The number of rotatable bonds is 35. The van der Waals surface area contributed by atoms with Gasteiger partial charge in [0, 0.05) is 69.2 Å². The zero-order valence-electron chi connectivity index (χ0n) is 66.3. The van der Waals surface area contributed by atoms with Crippen LogP contribution in [0.4, 0.5) is 23.5 Å². The normalized spacial score (nSPS) is 29.1. The van der Waals surface area contributed by atoms with Crippen molar-refractivity contribution < 1.29 is 112 Å². The first kappa shape index (κ1) is 94.5. The lowest BCUT2D eigenvalue weighted by Gasteiger charge is -2.36. The van der Waals surface area contributed by atoms with Crippen molar-refractivity contribution in [2.75, 3.05) is 63.1 Å². The molecule has 16 rings (SSSR count). The molecule has 10 aromatic rings. The minimum atomic E-state index is -5.01. The number of ether oxygens (including phenoxy) is 6. The summed E-state index contributed by atoms with van der Waals surface area (Å²) in [7, 11) is 1.07. The van der Waals surface area contributed by atoms with E-state index in [1.807, 2.05) is 0 Å². The molecule has 0 bridgehead atoms. The predicted octanol–water partition coefficient (Wildman–Crippen LogP) is -2.27. The number of hydrogen-bond donors (Lipinski definition) is 8. The van der Waals surface area contributed by atoms with E-state index in [2.05, 4.69) is 69.8 Å². The number of H-pyrrole nitrogens is 4. The van der Waals surface area contributed by atoms with Crippen LogP contribution in [0.25, 0.3) is 44.7 Å². The summed E-state index contributed by atoms with van der Waals surface area (Å²) in [4.78, 5) is 201. The lowest BCUT2D eigenvalue weighted by Crippen LogP contribution is -2.34. The van der Waals surface area contributed by atoms with Crippen molar-refractivity contribution in [2.45, 2.75) is 176 Å². The van der Waals surface area contributed by atoms with Crippen molar-refractivity contribution in [3.8, 4) is 0 Å². The number of nitrogen functional groups attached to an aromatic ring is 4. The maximum Gasteiger partial charge on any atom is 0.330 e. The van der Waals surface area contributed by atoms with E-state index in [1.165, 1.54) is 65.4 Å². The average Bonchev–Trinajstić information content (AvgIpc) is 1.61. The topological polar surface area (TPSA) is 727 Å². The van der Waals surface area contributed by atoms with Crippen molar-refractivity contribution >= 4 is 180 Å². The molecule has 54 nitrogen and oxygen atoms in total. The summed E-state index contributed by atoms with van der Waals surface area (Å²) in [6.07, 6.45) is -14.5. The van der Waals surface area contributed by atoms with Crippen LogP contribution in [0, 0.1) is 13.8 Å². The fourth-order valence-electron chi connectivity index (χ4n) is 15.1. The van der Waals surface area contributed by atoms with Crippen LogP contribution in [-0.4, -0.2) is 211 Å². The van der Waals surface area contributed by atoms with Crippen LogP contribution < -0.4 is 81.0 Å². The van der Waals surface area contributed by atoms with Crippen LogP contribution in [-0.2, 0) is 159 Å². The summed E-state index contributed by atoms with van der Waals surface area (Å²) in [6.45, 7) is -27.9.